The van der Waals surface area contributed by atoms with Crippen LogP contribution >= 0.6 is 11.3 Å². The molecule has 1 fully saturated rings. The number of imidazole rings is 1. The van der Waals surface area contributed by atoms with Gasteiger partial charge in [-0.25, -0.2) is 19.0 Å². The summed E-state index contributed by atoms with van der Waals surface area (Å²) >= 11 is 1.77. The van der Waals surface area contributed by atoms with Gasteiger partial charge in [0.05, 0.1) is 17.4 Å². The van der Waals surface area contributed by atoms with Crippen LogP contribution in [-0.2, 0) is 28.2 Å². The van der Waals surface area contributed by atoms with Crippen molar-refractivity contribution in [3.63, 3.8) is 0 Å². The van der Waals surface area contributed by atoms with Crippen molar-refractivity contribution in [1.29, 1.82) is 0 Å². The van der Waals surface area contributed by atoms with Crippen molar-refractivity contribution < 1.29 is 50.5 Å². The van der Waals surface area contributed by atoms with Gasteiger partial charge in [-0.3, -0.25) is 9.80 Å². The van der Waals surface area contributed by atoms with Gasteiger partial charge in [0.2, 0.25) is 0 Å². The molecule has 2 aliphatic rings. The Labute approximate surface area is 239 Å². The third-order valence-corrected chi connectivity index (χ3v) is 7.67. The number of thiophene rings is 1. The maximum Gasteiger partial charge on any atom is 0.490 e. The van der Waals surface area contributed by atoms with E-state index in [0.717, 1.165) is 62.6 Å². The average molecular weight is 625 g/mol. The molecule has 0 aliphatic carbocycles. The third-order valence-electron chi connectivity index (χ3n) is 6.94. The number of likely N-dealkylation sites (N-methyl/N-ethyl adjacent to an activating group) is 1. The molecular weight excluding hydrogens is 597 g/mol. The number of benzene rings is 1. The van der Waals surface area contributed by atoms with Gasteiger partial charge in [0.25, 0.3) is 0 Å². The zero-order valence-electron chi connectivity index (χ0n) is 22.1. The fourth-order valence-corrected chi connectivity index (χ4v) is 5.47. The molecule has 230 valence electrons. The standard InChI is InChI=1S/C22H25FN4S.2C2HF3O2/c1-25-10-11-27-20(18-3-2-4-19(23)13-18)14-24-21(27)22(25)6-8-26(9-7-22)15-17-5-12-28-16-17;2*3-2(4,5)1(6)7/h2-5,12-14,16H,6-11,15H2,1H3;2*(H,6,7). The molecule has 0 amide bonds. The van der Waals surface area contributed by atoms with Crippen LogP contribution < -0.4 is 0 Å². The minimum absolute atomic E-state index is 0.0189. The lowest BCUT2D eigenvalue weighted by molar-refractivity contribution is -0.193. The van der Waals surface area contributed by atoms with Crippen molar-refractivity contribution in [1.82, 2.24) is 19.4 Å². The monoisotopic (exact) mass is 624 g/mol. The Morgan fingerprint density at radius 3 is 2.07 bits per heavy atom. The predicted octanol–water partition coefficient (Wildman–Crippen LogP) is 5.45. The molecule has 2 aliphatic heterocycles. The summed E-state index contributed by atoms with van der Waals surface area (Å²) in [4.78, 5) is 27.7. The van der Waals surface area contributed by atoms with Crippen molar-refractivity contribution in [2.75, 3.05) is 26.7 Å². The van der Waals surface area contributed by atoms with Gasteiger partial charge in [0.1, 0.15) is 11.6 Å². The molecule has 16 heteroatoms. The Kier molecular flexibility index (Phi) is 10.4. The highest BCUT2D eigenvalue weighted by Gasteiger charge is 2.45. The fourth-order valence-electron chi connectivity index (χ4n) is 4.81. The van der Waals surface area contributed by atoms with E-state index in [1.165, 1.54) is 11.6 Å². The molecule has 0 saturated carbocycles. The van der Waals surface area contributed by atoms with E-state index in [2.05, 4.69) is 38.2 Å². The summed E-state index contributed by atoms with van der Waals surface area (Å²) < 4.78 is 79.6. The average Bonchev–Trinajstić information content (AvgIpc) is 3.58. The minimum Gasteiger partial charge on any atom is -0.475 e. The van der Waals surface area contributed by atoms with Crippen LogP contribution in [-0.4, -0.2) is 80.5 Å². The molecule has 1 spiro atoms. The maximum absolute atomic E-state index is 13.8. The van der Waals surface area contributed by atoms with Crippen LogP contribution in [0, 0.1) is 5.82 Å². The molecular formula is C26H27F7N4O4S. The second-order valence-electron chi connectivity index (χ2n) is 9.60. The fraction of sp³-hybridized carbons (Fsp3) is 0.423. The van der Waals surface area contributed by atoms with Gasteiger partial charge in [-0.1, -0.05) is 12.1 Å². The number of carbonyl (C=O) groups is 2. The van der Waals surface area contributed by atoms with Gasteiger partial charge in [0, 0.05) is 38.3 Å². The van der Waals surface area contributed by atoms with Crippen molar-refractivity contribution in [3.8, 4) is 11.3 Å². The van der Waals surface area contributed by atoms with Gasteiger partial charge < -0.3 is 14.8 Å². The number of likely N-dealkylation sites (tertiary alicyclic amines) is 1. The summed E-state index contributed by atoms with van der Waals surface area (Å²) in [5, 5.41) is 18.6. The predicted molar refractivity (Wildman–Crippen MR) is 138 cm³/mol. The highest BCUT2D eigenvalue weighted by molar-refractivity contribution is 7.07. The lowest BCUT2D eigenvalue weighted by Crippen LogP contribution is -2.56. The molecule has 0 bridgehead atoms. The van der Waals surface area contributed by atoms with E-state index in [9.17, 15) is 30.7 Å². The minimum atomic E-state index is -5.08. The van der Waals surface area contributed by atoms with Crippen LogP contribution in [0.5, 0.6) is 0 Å². The van der Waals surface area contributed by atoms with E-state index in [1.807, 2.05) is 12.3 Å². The Bertz CT molecular complexity index is 1330. The van der Waals surface area contributed by atoms with Crippen LogP contribution in [0.15, 0.2) is 47.3 Å². The van der Waals surface area contributed by atoms with E-state index in [-0.39, 0.29) is 11.4 Å². The topological polar surface area (TPSA) is 98.9 Å². The second-order valence-corrected chi connectivity index (χ2v) is 10.4. The number of nitrogens with zero attached hydrogens (tertiary/aromatic N) is 4. The van der Waals surface area contributed by atoms with Crippen LogP contribution in [0.4, 0.5) is 30.7 Å². The van der Waals surface area contributed by atoms with Crippen molar-refractivity contribution in [2.45, 2.75) is 43.8 Å². The Balaban J connectivity index is 0.000000289. The number of alkyl halides is 6. The van der Waals surface area contributed by atoms with Crippen molar-refractivity contribution >= 4 is 23.3 Å². The van der Waals surface area contributed by atoms with Crippen LogP contribution in [0.2, 0.25) is 0 Å². The van der Waals surface area contributed by atoms with E-state index in [1.54, 1.807) is 23.5 Å². The number of hydrogen-bond acceptors (Lipinski definition) is 6. The van der Waals surface area contributed by atoms with Crippen LogP contribution in [0.3, 0.4) is 0 Å². The number of rotatable bonds is 3. The molecule has 1 aromatic carbocycles. The number of hydrogen-bond donors (Lipinski definition) is 2. The largest absolute Gasteiger partial charge is 0.490 e. The molecule has 0 radical (unpaired) electrons. The van der Waals surface area contributed by atoms with E-state index < -0.39 is 24.3 Å². The number of carboxylic acid groups (broad SMARTS) is 2. The Morgan fingerprint density at radius 2 is 1.57 bits per heavy atom. The molecule has 3 aromatic rings. The smallest absolute Gasteiger partial charge is 0.475 e. The highest BCUT2D eigenvalue weighted by atomic mass is 32.1. The normalized spacial score (nSPS) is 17.0. The van der Waals surface area contributed by atoms with Crippen LogP contribution in [0.25, 0.3) is 11.3 Å². The molecule has 8 nitrogen and oxygen atoms in total. The summed E-state index contributed by atoms with van der Waals surface area (Å²) in [6.45, 7) is 5.07. The van der Waals surface area contributed by atoms with E-state index in [0.29, 0.717) is 0 Å². The quantitative estimate of drug-likeness (QED) is 0.374. The number of carboxylic acids is 2. The molecule has 4 heterocycles. The number of fused-ring (bicyclic) bond motifs is 2. The molecule has 5 rings (SSSR count). The Morgan fingerprint density at radius 1 is 0.976 bits per heavy atom. The number of aromatic nitrogens is 2. The molecule has 0 atom stereocenters. The first-order valence-corrected chi connectivity index (χ1v) is 13.4. The summed E-state index contributed by atoms with van der Waals surface area (Å²) in [5.74, 6) is -4.56. The number of piperidine rings is 1. The first-order chi connectivity index (χ1) is 19.5. The summed E-state index contributed by atoms with van der Waals surface area (Å²) in [6, 6.07) is 9.08. The molecule has 2 N–H and O–H groups in total. The molecule has 0 unspecified atom stereocenters. The molecule has 1 saturated heterocycles. The second kappa shape index (κ2) is 13.2. The molecule has 42 heavy (non-hydrogen) atoms. The highest BCUT2D eigenvalue weighted by Crippen LogP contribution is 2.41. The first kappa shape index (κ1) is 33.0. The Hall–Kier alpha value is -3.50. The van der Waals surface area contributed by atoms with Crippen molar-refractivity contribution in [2.24, 2.45) is 0 Å². The lowest BCUT2D eigenvalue weighted by Gasteiger charge is -2.49. The summed E-state index contributed by atoms with van der Waals surface area (Å²) in [5.41, 5.74) is 3.33. The van der Waals surface area contributed by atoms with Gasteiger partial charge in [0.15, 0.2) is 0 Å². The van der Waals surface area contributed by atoms with Crippen LogP contribution in [0.1, 0.15) is 24.2 Å². The lowest BCUT2D eigenvalue weighted by atomic mass is 9.83. The maximum atomic E-state index is 13.8. The third kappa shape index (κ3) is 8.07. The number of aliphatic carboxylic acids is 2. The van der Waals surface area contributed by atoms with Gasteiger partial charge in [-0.05, 0) is 54.4 Å². The molecule has 2 aromatic heterocycles. The van der Waals surface area contributed by atoms with Gasteiger partial charge in [-0.15, -0.1) is 0 Å². The van der Waals surface area contributed by atoms with E-state index in [4.69, 9.17) is 24.8 Å². The SMILES string of the molecule is CN1CCn2c(-c3cccc(F)c3)cnc2C12CCN(Cc1ccsc1)CC2.O=C(O)C(F)(F)F.O=C(O)C(F)(F)F. The van der Waals surface area contributed by atoms with E-state index >= 15 is 0 Å². The van der Waals surface area contributed by atoms with Gasteiger partial charge in [-0.2, -0.15) is 37.7 Å². The summed E-state index contributed by atoms with van der Waals surface area (Å²) in [7, 11) is 2.23. The summed E-state index contributed by atoms with van der Waals surface area (Å²) in [6.07, 6.45) is -6.08. The van der Waals surface area contributed by atoms with Crippen molar-refractivity contribution in [3.05, 3.63) is 64.5 Å². The first-order valence-electron chi connectivity index (χ1n) is 12.4. The van der Waals surface area contributed by atoms with Gasteiger partial charge >= 0.3 is 24.3 Å². The zero-order valence-corrected chi connectivity index (χ0v) is 22.9. The number of halogens is 7. The zero-order chi connectivity index (χ0) is 31.3.